The predicted octanol–water partition coefficient (Wildman–Crippen LogP) is 1.69. The minimum Gasteiger partial charge on any atom is -0.480 e. The summed E-state index contributed by atoms with van der Waals surface area (Å²) in [4.78, 5) is 26.3. The van der Waals surface area contributed by atoms with E-state index in [0.717, 1.165) is 35.1 Å². The molecule has 3 aromatic rings. The summed E-state index contributed by atoms with van der Waals surface area (Å²) >= 11 is 0. The van der Waals surface area contributed by atoms with Crippen molar-refractivity contribution in [2.75, 3.05) is 0 Å². The third-order valence-electron chi connectivity index (χ3n) is 5.43. The lowest BCUT2D eigenvalue weighted by Gasteiger charge is -2.32. The molecule has 0 saturated carbocycles. The molecule has 0 radical (unpaired) electrons. The lowest BCUT2D eigenvalue weighted by atomic mass is 9.97. The standard InChI is InChI=1S/C24H29N5O3.3H2O/c1-4-5-10-21(30)29(22(16(2)3)24(31)32)15-17-11-13-18(14-12-17)19-8-6-7-9-20(19)23-25-27-28-26-23;;;/h6-9,11-14,16,22H,4-5,10,15H2,1-3H3,(H,31,32)(H,25,26,27,28);3*1H2/t22-;;;/m0.../s1. The van der Waals surface area contributed by atoms with Crippen LogP contribution in [0.3, 0.4) is 0 Å². The first kappa shape index (κ1) is 31.3. The zero-order valence-electron chi connectivity index (χ0n) is 20.2. The molecule has 192 valence electrons. The van der Waals surface area contributed by atoms with Crippen LogP contribution in [0, 0.1) is 5.92 Å². The fourth-order valence-corrected chi connectivity index (χ4v) is 3.79. The van der Waals surface area contributed by atoms with E-state index in [1.54, 1.807) is 0 Å². The van der Waals surface area contributed by atoms with Gasteiger partial charge < -0.3 is 26.4 Å². The molecule has 1 aromatic heterocycles. The Hall–Kier alpha value is -3.67. The van der Waals surface area contributed by atoms with Crippen molar-refractivity contribution in [3.8, 4) is 22.5 Å². The van der Waals surface area contributed by atoms with Crippen molar-refractivity contribution >= 4 is 11.9 Å². The lowest BCUT2D eigenvalue weighted by Crippen LogP contribution is -2.47. The number of unbranched alkanes of at least 4 members (excludes halogenated alkanes) is 1. The van der Waals surface area contributed by atoms with E-state index in [1.165, 1.54) is 4.90 Å². The van der Waals surface area contributed by atoms with Gasteiger partial charge in [-0.25, -0.2) is 9.89 Å². The maximum Gasteiger partial charge on any atom is 0.326 e. The molecular weight excluding hydrogens is 454 g/mol. The highest BCUT2D eigenvalue weighted by molar-refractivity contribution is 5.84. The lowest BCUT2D eigenvalue weighted by molar-refractivity contribution is -0.153. The number of aliphatic carboxylic acids is 1. The molecule has 0 unspecified atom stereocenters. The maximum absolute atomic E-state index is 12.9. The highest BCUT2D eigenvalue weighted by Gasteiger charge is 2.32. The van der Waals surface area contributed by atoms with Gasteiger partial charge in [0.05, 0.1) is 0 Å². The second kappa shape index (κ2) is 14.6. The van der Waals surface area contributed by atoms with Gasteiger partial charge in [0.1, 0.15) is 6.04 Å². The van der Waals surface area contributed by atoms with Gasteiger partial charge in [0.15, 0.2) is 5.82 Å². The predicted molar refractivity (Wildman–Crippen MR) is 132 cm³/mol. The SMILES string of the molecule is CCCCC(=O)N(Cc1ccc(-c2ccccc2-c2nnn[nH]2)cc1)[C@H](C(=O)O)C(C)C.O.O.O. The number of benzene rings is 2. The molecule has 2 aromatic carbocycles. The second-order valence-corrected chi connectivity index (χ2v) is 8.14. The van der Waals surface area contributed by atoms with Gasteiger partial charge in [-0.1, -0.05) is 75.7 Å². The van der Waals surface area contributed by atoms with E-state index in [-0.39, 0.29) is 34.8 Å². The third kappa shape index (κ3) is 7.67. The largest absolute Gasteiger partial charge is 0.480 e. The summed E-state index contributed by atoms with van der Waals surface area (Å²) in [5.41, 5.74) is 3.71. The van der Waals surface area contributed by atoms with Crippen LogP contribution >= 0.6 is 0 Å². The van der Waals surface area contributed by atoms with E-state index in [4.69, 9.17) is 0 Å². The number of hydrogen-bond donors (Lipinski definition) is 2. The van der Waals surface area contributed by atoms with Crippen molar-refractivity contribution < 1.29 is 31.1 Å². The van der Waals surface area contributed by atoms with Gasteiger partial charge in [-0.3, -0.25) is 4.79 Å². The molecule has 0 aliphatic rings. The van der Waals surface area contributed by atoms with Crippen molar-refractivity contribution in [2.45, 2.75) is 52.6 Å². The van der Waals surface area contributed by atoms with Crippen LogP contribution < -0.4 is 0 Å². The van der Waals surface area contributed by atoms with E-state index >= 15 is 0 Å². The van der Waals surface area contributed by atoms with Crippen LogP contribution in [0.1, 0.15) is 45.6 Å². The van der Waals surface area contributed by atoms with Gasteiger partial charge in [-0.05, 0) is 39.5 Å². The number of carboxylic acid groups (broad SMARTS) is 1. The molecule has 1 amide bonds. The molecule has 3 rings (SSSR count). The van der Waals surface area contributed by atoms with Crippen LogP contribution in [0.2, 0.25) is 0 Å². The summed E-state index contributed by atoms with van der Waals surface area (Å²) in [5, 5.41) is 23.9. The molecular formula is C24H35N5O6. The highest BCUT2D eigenvalue weighted by atomic mass is 16.4. The topological polar surface area (TPSA) is 207 Å². The van der Waals surface area contributed by atoms with E-state index in [1.807, 2.05) is 69.3 Å². The van der Waals surface area contributed by atoms with Crippen LogP contribution in [0.25, 0.3) is 22.5 Å². The van der Waals surface area contributed by atoms with Gasteiger partial charge in [-0.15, -0.1) is 5.10 Å². The quantitative estimate of drug-likeness (QED) is 0.432. The average molecular weight is 490 g/mol. The molecule has 11 nitrogen and oxygen atoms in total. The summed E-state index contributed by atoms with van der Waals surface area (Å²) in [6.07, 6.45) is 1.98. The molecule has 35 heavy (non-hydrogen) atoms. The summed E-state index contributed by atoms with van der Waals surface area (Å²) in [6.45, 7) is 5.93. The number of amides is 1. The van der Waals surface area contributed by atoms with Gasteiger partial charge >= 0.3 is 5.97 Å². The summed E-state index contributed by atoms with van der Waals surface area (Å²) < 4.78 is 0. The number of nitrogens with zero attached hydrogens (tertiary/aromatic N) is 4. The molecule has 0 bridgehead atoms. The first-order valence-corrected chi connectivity index (χ1v) is 10.9. The number of carbonyl (C=O) groups excluding carboxylic acids is 1. The Labute approximate surface area is 204 Å². The number of carbonyl (C=O) groups is 2. The maximum atomic E-state index is 12.9. The van der Waals surface area contributed by atoms with Crippen LogP contribution in [0.5, 0.6) is 0 Å². The zero-order valence-corrected chi connectivity index (χ0v) is 20.2. The molecule has 11 heteroatoms. The molecule has 8 N–H and O–H groups in total. The Bertz CT molecular complexity index is 1040. The third-order valence-corrected chi connectivity index (χ3v) is 5.43. The van der Waals surface area contributed by atoms with Gasteiger partial charge in [0.25, 0.3) is 0 Å². The fourth-order valence-electron chi connectivity index (χ4n) is 3.79. The number of carboxylic acids is 1. The number of hydrogen-bond acceptors (Lipinski definition) is 5. The molecule has 1 heterocycles. The van der Waals surface area contributed by atoms with Crippen molar-refractivity contribution in [1.29, 1.82) is 0 Å². The van der Waals surface area contributed by atoms with Crippen LogP contribution in [-0.4, -0.2) is 65.0 Å². The van der Waals surface area contributed by atoms with Crippen molar-refractivity contribution in [3.63, 3.8) is 0 Å². The monoisotopic (exact) mass is 489 g/mol. The number of rotatable bonds is 10. The first-order valence-electron chi connectivity index (χ1n) is 10.9. The molecule has 0 spiro atoms. The van der Waals surface area contributed by atoms with E-state index in [9.17, 15) is 14.7 Å². The van der Waals surface area contributed by atoms with Crippen molar-refractivity contribution in [2.24, 2.45) is 5.92 Å². The number of aromatic amines is 1. The van der Waals surface area contributed by atoms with Crippen LogP contribution in [0.4, 0.5) is 0 Å². The summed E-state index contributed by atoms with van der Waals surface area (Å²) in [7, 11) is 0. The molecule has 0 saturated heterocycles. The molecule has 1 atom stereocenters. The van der Waals surface area contributed by atoms with E-state index < -0.39 is 12.0 Å². The van der Waals surface area contributed by atoms with Crippen LogP contribution in [-0.2, 0) is 16.1 Å². The first-order chi connectivity index (χ1) is 15.4. The Morgan fingerprint density at radius 3 is 2.14 bits per heavy atom. The van der Waals surface area contributed by atoms with Gasteiger partial charge in [0, 0.05) is 18.5 Å². The Morgan fingerprint density at radius 1 is 1.00 bits per heavy atom. The number of nitrogens with one attached hydrogen (secondary N) is 1. The van der Waals surface area contributed by atoms with Gasteiger partial charge in [-0.2, -0.15) is 0 Å². The number of aromatic nitrogens is 4. The smallest absolute Gasteiger partial charge is 0.326 e. The Kier molecular flexibility index (Phi) is 13.0. The Balaban J connectivity index is 0.00000385. The summed E-state index contributed by atoms with van der Waals surface area (Å²) in [6, 6.07) is 14.8. The second-order valence-electron chi connectivity index (χ2n) is 8.14. The normalized spacial score (nSPS) is 11.0. The number of tetrazole rings is 1. The van der Waals surface area contributed by atoms with Crippen molar-refractivity contribution in [3.05, 3.63) is 54.1 Å². The van der Waals surface area contributed by atoms with E-state index in [2.05, 4.69) is 20.6 Å². The minimum absolute atomic E-state index is 0. The molecule has 0 aliphatic heterocycles. The number of H-pyrrole nitrogens is 1. The highest BCUT2D eigenvalue weighted by Crippen LogP contribution is 2.30. The van der Waals surface area contributed by atoms with E-state index in [0.29, 0.717) is 12.2 Å². The van der Waals surface area contributed by atoms with Gasteiger partial charge in [0.2, 0.25) is 5.91 Å². The minimum atomic E-state index is -0.976. The molecule has 0 aliphatic carbocycles. The molecule has 0 fully saturated rings. The van der Waals surface area contributed by atoms with Crippen LogP contribution in [0.15, 0.2) is 48.5 Å². The zero-order chi connectivity index (χ0) is 23.1. The summed E-state index contributed by atoms with van der Waals surface area (Å²) in [5.74, 6) is -0.713. The fraction of sp³-hybridized carbons (Fsp3) is 0.375. The Morgan fingerprint density at radius 2 is 1.63 bits per heavy atom. The van der Waals surface area contributed by atoms with Crippen molar-refractivity contribution in [1.82, 2.24) is 25.5 Å². The average Bonchev–Trinajstić information content (AvgIpc) is 3.32.